The van der Waals surface area contributed by atoms with Gasteiger partial charge in [0, 0.05) is 38.3 Å². The molecule has 1 atom stereocenters. The Morgan fingerprint density at radius 3 is 2.92 bits per heavy atom. The zero-order chi connectivity index (χ0) is 26.5. The van der Waals surface area contributed by atoms with Crippen LogP contribution in [0, 0.1) is 6.92 Å². The summed E-state index contributed by atoms with van der Waals surface area (Å²) in [5, 5.41) is 16.8. The Morgan fingerprint density at radius 2 is 2.13 bits per heavy atom. The molecule has 1 aliphatic carbocycles. The van der Waals surface area contributed by atoms with Gasteiger partial charge in [0.05, 0.1) is 16.3 Å². The molecule has 3 heterocycles. The van der Waals surface area contributed by atoms with E-state index in [1.807, 2.05) is 13.0 Å². The van der Waals surface area contributed by atoms with Crippen LogP contribution in [-0.4, -0.2) is 62.6 Å². The second-order valence-corrected chi connectivity index (χ2v) is 10.7. The number of aliphatic hydroxyl groups is 1. The van der Waals surface area contributed by atoms with Crippen LogP contribution in [0.2, 0.25) is 0 Å². The number of aliphatic hydroxyl groups excluding tert-OH is 1. The molecular formula is C27H33BrN6O4. The van der Waals surface area contributed by atoms with Gasteiger partial charge in [0.15, 0.2) is 12.2 Å². The van der Waals surface area contributed by atoms with Crippen molar-refractivity contribution in [2.75, 3.05) is 25.0 Å². The highest BCUT2D eigenvalue weighted by molar-refractivity contribution is 9.10. The van der Waals surface area contributed by atoms with Crippen LogP contribution in [-0.2, 0) is 19.6 Å². The van der Waals surface area contributed by atoms with E-state index in [1.54, 1.807) is 6.07 Å². The zero-order valence-corrected chi connectivity index (χ0v) is 23.0. The predicted octanol–water partition coefficient (Wildman–Crippen LogP) is 3.62. The quantitative estimate of drug-likeness (QED) is 0.327. The molecule has 11 heteroatoms. The van der Waals surface area contributed by atoms with E-state index in [2.05, 4.69) is 52.5 Å². The Morgan fingerprint density at radius 1 is 1.29 bits per heavy atom. The number of hydrogen-bond donors (Lipinski definition) is 3. The normalized spacial score (nSPS) is 16.7. The fourth-order valence-electron chi connectivity index (χ4n) is 5.03. The van der Waals surface area contributed by atoms with Crippen molar-refractivity contribution in [2.45, 2.75) is 64.3 Å². The number of rotatable bonds is 10. The topological polar surface area (TPSA) is 126 Å². The smallest absolute Gasteiger partial charge is 0.270 e. The maximum absolute atomic E-state index is 12.6. The number of oxazole rings is 1. The zero-order valence-electron chi connectivity index (χ0n) is 21.5. The maximum Gasteiger partial charge on any atom is 0.270 e. The number of hydrogen-bond acceptors (Lipinski definition) is 9. The van der Waals surface area contributed by atoms with E-state index in [0.717, 1.165) is 41.7 Å². The molecule has 2 aromatic heterocycles. The fourth-order valence-corrected chi connectivity index (χ4v) is 5.73. The van der Waals surface area contributed by atoms with Crippen LogP contribution in [0.15, 0.2) is 39.8 Å². The summed E-state index contributed by atoms with van der Waals surface area (Å²) < 4.78 is 12.3. The number of amides is 1. The number of nitrogens with one attached hydrogen (secondary N) is 2. The molecule has 0 radical (unpaired) electrons. The van der Waals surface area contributed by atoms with Crippen molar-refractivity contribution in [2.24, 2.45) is 0 Å². The SMILES string of the molecule is Cc1ncoc1COc1ccc2c(c1Br)CCN(C[C@@H](O)CNC(=O)c1cc(NC3CCCC3)ncn1)C2. The van der Waals surface area contributed by atoms with Crippen LogP contribution in [0.1, 0.15) is 58.8 Å². The molecule has 202 valence electrons. The second-order valence-electron chi connectivity index (χ2n) is 9.93. The van der Waals surface area contributed by atoms with Gasteiger partial charge in [-0.15, -0.1) is 0 Å². The molecule has 3 N–H and O–H groups in total. The van der Waals surface area contributed by atoms with Gasteiger partial charge < -0.3 is 24.9 Å². The van der Waals surface area contributed by atoms with Gasteiger partial charge in [0.25, 0.3) is 5.91 Å². The molecule has 0 saturated heterocycles. The third-order valence-electron chi connectivity index (χ3n) is 7.15. The van der Waals surface area contributed by atoms with Crippen LogP contribution in [0.4, 0.5) is 5.82 Å². The van der Waals surface area contributed by atoms with E-state index >= 15 is 0 Å². The van der Waals surface area contributed by atoms with Gasteiger partial charge >= 0.3 is 0 Å². The number of nitrogens with zero attached hydrogens (tertiary/aromatic N) is 4. The van der Waals surface area contributed by atoms with Crippen LogP contribution >= 0.6 is 15.9 Å². The van der Waals surface area contributed by atoms with Gasteiger partial charge in [-0.1, -0.05) is 18.9 Å². The first-order valence-electron chi connectivity index (χ1n) is 13.1. The van der Waals surface area contributed by atoms with Crippen molar-refractivity contribution < 1.29 is 19.1 Å². The number of aryl methyl sites for hydroxylation is 1. The molecule has 1 aromatic carbocycles. The Balaban J connectivity index is 1.10. The minimum absolute atomic E-state index is 0.148. The van der Waals surface area contributed by atoms with Crippen molar-refractivity contribution in [1.82, 2.24) is 25.2 Å². The van der Waals surface area contributed by atoms with E-state index in [-0.39, 0.29) is 12.5 Å². The molecule has 0 spiro atoms. The summed E-state index contributed by atoms with van der Waals surface area (Å²) in [4.78, 5) is 27.3. The Hall–Kier alpha value is -3.02. The minimum atomic E-state index is -0.699. The lowest BCUT2D eigenvalue weighted by molar-refractivity contribution is 0.0837. The first-order chi connectivity index (χ1) is 18.5. The lowest BCUT2D eigenvalue weighted by Gasteiger charge is -2.31. The van der Waals surface area contributed by atoms with Crippen molar-refractivity contribution in [3.8, 4) is 5.75 Å². The standard InChI is InChI=1S/C27H33BrN6O4/c1-17-24(38-16-32-17)14-37-23-7-6-18-12-34(9-8-21(18)26(23)28)13-20(35)11-29-27(36)22-10-25(31-15-30-22)33-19-4-2-3-5-19/h6-7,10,15-16,19-20,35H,2-5,8-9,11-14H2,1H3,(H,29,36)(H,30,31,33)/t20-/m0/s1. The van der Waals surface area contributed by atoms with Gasteiger partial charge in [-0.3, -0.25) is 9.69 Å². The molecule has 0 bridgehead atoms. The third-order valence-corrected chi connectivity index (χ3v) is 8.02. The average molecular weight is 586 g/mol. The van der Waals surface area contributed by atoms with E-state index in [0.29, 0.717) is 43.0 Å². The van der Waals surface area contributed by atoms with Gasteiger partial charge in [-0.05, 0) is 59.3 Å². The van der Waals surface area contributed by atoms with Crippen LogP contribution in [0.25, 0.3) is 0 Å². The van der Waals surface area contributed by atoms with E-state index < -0.39 is 6.10 Å². The molecule has 1 fully saturated rings. The van der Waals surface area contributed by atoms with Gasteiger partial charge in [-0.2, -0.15) is 0 Å². The minimum Gasteiger partial charge on any atom is -0.484 e. The number of carbonyl (C=O) groups excluding carboxylic acids is 1. The summed E-state index contributed by atoms with van der Waals surface area (Å²) >= 11 is 3.71. The third kappa shape index (κ3) is 6.51. The number of halogens is 1. The van der Waals surface area contributed by atoms with Crippen LogP contribution in [0.3, 0.4) is 0 Å². The highest BCUT2D eigenvalue weighted by atomic mass is 79.9. The number of anilines is 1. The summed E-state index contributed by atoms with van der Waals surface area (Å²) in [5.41, 5.74) is 3.51. The lowest BCUT2D eigenvalue weighted by atomic mass is 9.99. The van der Waals surface area contributed by atoms with Gasteiger partial charge in [-0.25, -0.2) is 15.0 Å². The lowest BCUT2D eigenvalue weighted by Crippen LogP contribution is -2.42. The number of ether oxygens (including phenoxy) is 1. The maximum atomic E-state index is 12.6. The molecule has 1 amide bonds. The molecule has 10 nitrogen and oxygen atoms in total. The number of fused-ring (bicyclic) bond motifs is 1. The highest BCUT2D eigenvalue weighted by Gasteiger charge is 2.23. The monoisotopic (exact) mass is 584 g/mol. The largest absolute Gasteiger partial charge is 0.484 e. The number of aromatic nitrogens is 3. The summed E-state index contributed by atoms with van der Waals surface area (Å²) in [5.74, 6) is 1.82. The van der Waals surface area contributed by atoms with Crippen molar-refractivity contribution in [3.05, 3.63) is 63.7 Å². The van der Waals surface area contributed by atoms with Crippen LogP contribution < -0.4 is 15.4 Å². The summed E-state index contributed by atoms with van der Waals surface area (Å²) in [6.07, 6.45) is 7.62. The van der Waals surface area contributed by atoms with Crippen molar-refractivity contribution in [3.63, 3.8) is 0 Å². The summed E-state index contributed by atoms with van der Waals surface area (Å²) in [7, 11) is 0. The molecule has 1 saturated carbocycles. The summed E-state index contributed by atoms with van der Waals surface area (Å²) in [6.45, 7) is 4.32. The molecule has 5 rings (SSSR count). The Kier molecular flexibility index (Phi) is 8.55. The summed E-state index contributed by atoms with van der Waals surface area (Å²) in [6, 6.07) is 6.09. The van der Waals surface area contributed by atoms with E-state index in [1.165, 1.54) is 36.7 Å². The number of benzene rings is 1. The van der Waals surface area contributed by atoms with E-state index in [9.17, 15) is 9.90 Å². The average Bonchev–Trinajstić information content (AvgIpc) is 3.58. The highest BCUT2D eigenvalue weighted by Crippen LogP contribution is 2.35. The molecule has 3 aromatic rings. The first kappa shape index (κ1) is 26.6. The number of carbonyl (C=O) groups is 1. The molecule has 2 aliphatic rings. The first-order valence-corrected chi connectivity index (χ1v) is 13.8. The van der Waals surface area contributed by atoms with Gasteiger partial charge in [0.2, 0.25) is 0 Å². The molecule has 38 heavy (non-hydrogen) atoms. The predicted molar refractivity (Wildman–Crippen MR) is 145 cm³/mol. The number of β-amino-alcohol motifs (C(OH)–C–C–N with tert-alkyl or cyclic N) is 1. The van der Waals surface area contributed by atoms with E-state index in [4.69, 9.17) is 9.15 Å². The Bertz CT molecular complexity index is 1260. The second kappa shape index (κ2) is 12.2. The van der Waals surface area contributed by atoms with Crippen molar-refractivity contribution >= 4 is 27.7 Å². The fraction of sp³-hybridized carbons (Fsp3) is 0.481. The molecule has 1 aliphatic heterocycles. The Labute approximate surface area is 230 Å². The van der Waals surface area contributed by atoms with Crippen LogP contribution in [0.5, 0.6) is 5.75 Å². The van der Waals surface area contributed by atoms with Crippen molar-refractivity contribution in [1.29, 1.82) is 0 Å². The van der Waals surface area contributed by atoms with Gasteiger partial charge in [0.1, 0.15) is 30.2 Å². The molecular weight excluding hydrogens is 552 g/mol. The molecule has 0 unspecified atom stereocenters.